The number of amides is 1. The zero-order valence-electron chi connectivity index (χ0n) is 12.8. The Morgan fingerprint density at radius 1 is 1.25 bits per heavy atom. The predicted molar refractivity (Wildman–Crippen MR) is 85.7 cm³/mol. The first-order valence-electron chi connectivity index (χ1n) is 7.01. The summed E-state index contributed by atoms with van der Waals surface area (Å²) in [6, 6.07) is 8.12. The first-order valence-corrected chi connectivity index (χ1v) is 7.38. The molecule has 8 heteroatoms. The minimum atomic E-state index is -4.35. The summed E-state index contributed by atoms with van der Waals surface area (Å²) in [5.41, 5.74) is 0.391. The molecule has 0 radical (unpaired) electrons. The summed E-state index contributed by atoms with van der Waals surface area (Å²) in [6.45, 7) is 0.401. The summed E-state index contributed by atoms with van der Waals surface area (Å²) in [4.78, 5) is 17.5. The predicted octanol–water partition coefficient (Wildman–Crippen LogP) is 3.82. The van der Waals surface area contributed by atoms with Crippen LogP contribution in [-0.4, -0.2) is 29.4 Å². The fraction of sp³-hybridized carbons (Fsp3) is 0.250. The van der Waals surface area contributed by atoms with Crippen molar-refractivity contribution < 1.29 is 18.0 Å². The number of alkyl halides is 3. The van der Waals surface area contributed by atoms with Crippen molar-refractivity contribution in [2.45, 2.75) is 12.7 Å². The van der Waals surface area contributed by atoms with Gasteiger partial charge in [0.1, 0.15) is 0 Å². The van der Waals surface area contributed by atoms with Gasteiger partial charge in [-0.15, -0.1) is 0 Å². The Hall–Kier alpha value is -2.12. The van der Waals surface area contributed by atoms with E-state index >= 15 is 0 Å². The van der Waals surface area contributed by atoms with Crippen LogP contribution in [0.1, 0.15) is 11.1 Å². The van der Waals surface area contributed by atoms with Gasteiger partial charge >= 0.3 is 6.18 Å². The lowest BCUT2D eigenvalue weighted by Gasteiger charge is -2.17. The number of nitrogens with one attached hydrogen (secondary N) is 1. The Labute approximate surface area is 142 Å². The number of rotatable bonds is 5. The summed E-state index contributed by atoms with van der Waals surface area (Å²) >= 11 is 5.85. The second kappa shape index (κ2) is 7.63. The van der Waals surface area contributed by atoms with Crippen molar-refractivity contribution in [2.75, 3.05) is 18.9 Å². The van der Waals surface area contributed by atoms with Gasteiger partial charge in [-0.25, -0.2) is 4.98 Å². The van der Waals surface area contributed by atoms with Crippen molar-refractivity contribution in [1.29, 1.82) is 0 Å². The molecule has 1 aromatic heterocycles. The van der Waals surface area contributed by atoms with Crippen molar-refractivity contribution >= 4 is 23.2 Å². The Bertz CT molecular complexity index is 704. The number of aromatic nitrogens is 1. The van der Waals surface area contributed by atoms with Gasteiger partial charge in [-0.3, -0.25) is 9.69 Å². The highest BCUT2D eigenvalue weighted by molar-refractivity contribution is 6.32. The van der Waals surface area contributed by atoms with E-state index in [9.17, 15) is 18.0 Å². The molecular formula is C16H15ClF3N3O. The van der Waals surface area contributed by atoms with Crippen LogP contribution in [0.3, 0.4) is 0 Å². The summed E-state index contributed by atoms with van der Waals surface area (Å²) in [6.07, 6.45) is -2.85. The zero-order valence-corrected chi connectivity index (χ0v) is 13.5. The topological polar surface area (TPSA) is 45.2 Å². The molecule has 4 nitrogen and oxygen atoms in total. The summed E-state index contributed by atoms with van der Waals surface area (Å²) in [5.74, 6) is -0.292. The molecule has 0 fully saturated rings. The summed E-state index contributed by atoms with van der Waals surface area (Å²) in [7, 11) is 1.70. The maximum absolute atomic E-state index is 12.5. The van der Waals surface area contributed by atoms with E-state index < -0.39 is 11.7 Å². The maximum Gasteiger partial charge on any atom is 0.416 e. The number of hydrogen-bond acceptors (Lipinski definition) is 3. The molecule has 0 atom stereocenters. The molecule has 0 saturated heterocycles. The second-order valence-corrected chi connectivity index (χ2v) is 5.61. The second-order valence-electron chi connectivity index (χ2n) is 5.26. The smallest absolute Gasteiger partial charge is 0.322 e. The van der Waals surface area contributed by atoms with Crippen LogP contribution in [0.25, 0.3) is 0 Å². The van der Waals surface area contributed by atoms with E-state index in [-0.39, 0.29) is 17.6 Å². The zero-order chi connectivity index (χ0) is 17.7. The number of carbonyl (C=O) groups excluding carboxylic acids is 1. The van der Waals surface area contributed by atoms with E-state index in [1.165, 1.54) is 18.3 Å². The van der Waals surface area contributed by atoms with Gasteiger partial charge in [0, 0.05) is 12.7 Å². The lowest BCUT2D eigenvalue weighted by atomic mass is 10.1. The van der Waals surface area contributed by atoms with Gasteiger partial charge in [0.05, 0.1) is 17.8 Å². The molecule has 0 spiro atoms. The molecule has 1 heterocycles. The standard InChI is InChI=1S/C16H15ClF3N3O/c1-23(9-11-4-6-12(7-5-11)16(18,19)20)10-14(24)22-13-3-2-8-21-15(13)17/h2-8H,9-10H2,1H3,(H,22,24). The highest BCUT2D eigenvalue weighted by Crippen LogP contribution is 2.29. The molecule has 2 rings (SSSR count). The van der Waals surface area contributed by atoms with E-state index in [0.717, 1.165) is 12.1 Å². The molecule has 1 amide bonds. The quantitative estimate of drug-likeness (QED) is 0.827. The van der Waals surface area contributed by atoms with E-state index in [1.54, 1.807) is 24.1 Å². The molecule has 24 heavy (non-hydrogen) atoms. The number of benzene rings is 1. The fourth-order valence-corrected chi connectivity index (χ4v) is 2.25. The van der Waals surface area contributed by atoms with Crippen LogP contribution in [0.2, 0.25) is 5.15 Å². The third-order valence-electron chi connectivity index (χ3n) is 3.18. The van der Waals surface area contributed by atoms with Crippen molar-refractivity contribution in [3.8, 4) is 0 Å². The maximum atomic E-state index is 12.5. The van der Waals surface area contributed by atoms with Gasteiger partial charge in [0.25, 0.3) is 0 Å². The average molecular weight is 358 g/mol. The Morgan fingerprint density at radius 2 is 1.92 bits per heavy atom. The average Bonchev–Trinajstić information content (AvgIpc) is 2.49. The monoisotopic (exact) mass is 357 g/mol. The van der Waals surface area contributed by atoms with Gasteiger partial charge in [0.2, 0.25) is 5.91 Å². The van der Waals surface area contributed by atoms with E-state index in [1.807, 2.05) is 0 Å². The third kappa shape index (κ3) is 5.21. The molecule has 128 valence electrons. The van der Waals surface area contributed by atoms with Gasteiger partial charge < -0.3 is 5.32 Å². The third-order valence-corrected chi connectivity index (χ3v) is 3.48. The molecule has 1 aromatic carbocycles. The molecular weight excluding hydrogens is 343 g/mol. The molecule has 0 bridgehead atoms. The Kier molecular flexibility index (Phi) is 5.80. The number of halogens is 4. The molecule has 0 aliphatic rings. The fourth-order valence-electron chi connectivity index (χ4n) is 2.08. The van der Waals surface area contributed by atoms with E-state index in [2.05, 4.69) is 10.3 Å². The van der Waals surface area contributed by atoms with Crippen LogP contribution >= 0.6 is 11.6 Å². The highest BCUT2D eigenvalue weighted by Gasteiger charge is 2.29. The lowest BCUT2D eigenvalue weighted by Crippen LogP contribution is -2.30. The molecule has 0 saturated carbocycles. The SMILES string of the molecule is CN(CC(=O)Nc1cccnc1Cl)Cc1ccc(C(F)(F)F)cc1. The minimum Gasteiger partial charge on any atom is -0.322 e. The molecule has 1 N–H and O–H groups in total. The van der Waals surface area contributed by atoms with Crippen molar-refractivity contribution in [3.63, 3.8) is 0 Å². The molecule has 0 unspecified atom stereocenters. The number of likely N-dealkylation sites (N-methyl/N-ethyl adjacent to an activating group) is 1. The van der Waals surface area contributed by atoms with Crippen molar-refractivity contribution in [3.05, 3.63) is 58.9 Å². The highest BCUT2D eigenvalue weighted by atomic mass is 35.5. The van der Waals surface area contributed by atoms with Crippen LogP contribution in [0.15, 0.2) is 42.6 Å². The van der Waals surface area contributed by atoms with Crippen LogP contribution in [0, 0.1) is 0 Å². The molecule has 0 aliphatic carbocycles. The Morgan fingerprint density at radius 3 is 2.50 bits per heavy atom. The van der Waals surface area contributed by atoms with Crippen molar-refractivity contribution in [1.82, 2.24) is 9.88 Å². The first-order chi connectivity index (χ1) is 11.3. The van der Waals surface area contributed by atoms with Crippen LogP contribution in [0.4, 0.5) is 18.9 Å². The first kappa shape index (κ1) is 18.2. The van der Waals surface area contributed by atoms with Gasteiger partial charge in [0.15, 0.2) is 5.15 Å². The number of hydrogen-bond donors (Lipinski definition) is 1. The normalized spacial score (nSPS) is 11.6. The number of carbonyl (C=O) groups is 1. The van der Waals surface area contributed by atoms with Crippen LogP contribution < -0.4 is 5.32 Å². The Balaban J connectivity index is 1.90. The van der Waals surface area contributed by atoms with E-state index in [0.29, 0.717) is 17.8 Å². The minimum absolute atomic E-state index is 0.0618. The van der Waals surface area contributed by atoms with Gasteiger partial charge in [-0.2, -0.15) is 13.2 Å². The number of nitrogens with zero attached hydrogens (tertiary/aromatic N) is 2. The van der Waals surface area contributed by atoms with Crippen LogP contribution in [-0.2, 0) is 17.5 Å². The molecule has 2 aromatic rings. The summed E-state index contributed by atoms with van der Waals surface area (Å²) in [5, 5.41) is 2.82. The number of pyridine rings is 1. The lowest BCUT2D eigenvalue weighted by molar-refractivity contribution is -0.137. The number of anilines is 1. The largest absolute Gasteiger partial charge is 0.416 e. The van der Waals surface area contributed by atoms with Gasteiger partial charge in [-0.1, -0.05) is 23.7 Å². The molecule has 0 aliphatic heterocycles. The van der Waals surface area contributed by atoms with Gasteiger partial charge in [-0.05, 0) is 36.9 Å². The van der Waals surface area contributed by atoms with E-state index in [4.69, 9.17) is 11.6 Å². The van der Waals surface area contributed by atoms with Crippen LogP contribution in [0.5, 0.6) is 0 Å². The summed E-state index contributed by atoms with van der Waals surface area (Å²) < 4.78 is 37.5. The van der Waals surface area contributed by atoms with Crippen molar-refractivity contribution in [2.24, 2.45) is 0 Å².